The minimum atomic E-state index is -1.09. The second-order valence-corrected chi connectivity index (χ2v) is 5.68. The summed E-state index contributed by atoms with van der Waals surface area (Å²) in [4.78, 5) is 23.2. The van der Waals surface area contributed by atoms with Crippen LogP contribution in [0.5, 0.6) is 0 Å². The summed E-state index contributed by atoms with van der Waals surface area (Å²) in [6.07, 6.45) is 3.09. The van der Waals surface area contributed by atoms with Crippen molar-refractivity contribution in [3.63, 3.8) is 0 Å². The summed E-state index contributed by atoms with van der Waals surface area (Å²) < 4.78 is 23.4. The van der Waals surface area contributed by atoms with Crippen LogP contribution < -0.4 is 0 Å². The van der Waals surface area contributed by atoms with Crippen molar-refractivity contribution >= 4 is 11.9 Å². The first-order valence-corrected chi connectivity index (χ1v) is 6.26. The van der Waals surface area contributed by atoms with Gasteiger partial charge < -0.3 is 9.47 Å². The minimum Gasteiger partial charge on any atom is -0.462 e. The SMILES string of the molecule is C=C(F)C(=O)OC12CC3CC(C1)OC(=O)C(C3)C2. The molecule has 2 aliphatic carbocycles. The number of esters is 2. The average Bonchev–Trinajstić information content (AvgIpc) is 2.41. The first-order valence-electron chi connectivity index (χ1n) is 6.26. The number of rotatable bonds is 2. The Balaban J connectivity index is 1.86. The van der Waals surface area contributed by atoms with Crippen molar-refractivity contribution in [2.75, 3.05) is 0 Å². The number of hydrogen-bond donors (Lipinski definition) is 0. The molecule has 2 saturated heterocycles. The molecule has 5 heteroatoms. The Morgan fingerprint density at radius 3 is 2.89 bits per heavy atom. The van der Waals surface area contributed by atoms with Crippen LogP contribution in [0, 0.1) is 11.8 Å². The maximum absolute atomic E-state index is 12.8. The Labute approximate surface area is 104 Å². The van der Waals surface area contributed by atoms with E-state index in [1.165, 1.54) is 0 Å². The van der Waals surface area contributed by atoms with E-state index >= 15 is 0 Å². The Bertz CT molecular complexity index is 433. The van der Waals surface area contributed by atoms with Crippen LogP contribution in [0.25, 0.3) is 0 Å². The molecule has 0 aromatic rings. The predicted molar refractivity (Wildman–Crippen MR) is 59.0 cm³/mol. The van der Waals surface area contributed by atoms with Crippen LogP contribution in [0.3, 0.4) is 0 Å². The summed E-state index contributed by atoms with van der Waals surface area (Å²) in [6.45, 7) is 2.95. The standard InChI is InChI=1S/C13H15FO4/c1-7(14)11(15)18-13-4-8-2-9(5-13)12(16)17-10(3-8)6-13/h8-10H,1-6H2. The molecule has 4 bridgehead atoms. The fourth-order valence-corrected chi connectivity index (χ4v) is 3.75. The van der Waals surface area contributed by atoms with E-state index < -0.39 is 17.4 Å². The van der Waals surface area contributed by atoms with Gasteiger partial charge in [0.05, 0.1) is 5.92 Å². The fourth-order valence-electron chi connectivity index (χ4n) is 3.75. The average molecular weight is 254 g/mol. The highest BCUT2D eigenvalue weighted by molar-refractivity contribution is 5.85. The molecule has 4 atom stereocenters. The van der Waals surface area contributed by atoms with Crippen molar-refractivity contribution in [3.8, 4) is 0 Å². The predicted octanol–water partition coefficient (Wildman–Crippen LogP) is 1.89. The Hall–Kier alpha value is -1.39. The molecule has 0 aromatic carbocycles. The molecule has 4 fully saturated rings. The highest BCUT2D eigenvalue weighted by Gasteiger charge is 2.54. The molecular formula is C13H15FO4. The highest BCUT2D eigenvalue weighted by atomic mass is 19.1. The van der Waals surface area contributed by atoms with Gasteiger partial charge in [0.25, 0.3) is 0 Å². The van der Waals surface area contributed by atoms with E-state index in [-0.39, 0.29) is 18.0 Å². The fraction of sp³-hybridized carbons (Fsp3) is 0.692. The molecule has 0 amide bonds. The van der Waals surface area contributed by atoms with Crippen molar-refractivity contribution in [2.24, 2.45) is 11.8 Å². The monoisotopic (exact) mass is 254 g/mol. The van der Waals surface area contributed by atoms with Gasteiger partial charge in [0.2, 0.25) is 5.83 Å². The van der Waals surface area contributed by atoms with Gasteiger partial charge in [0.15, 0.2) is 0 Å². The lowest BCUT2D eigenvalue weighted by molar-refractivity contribution is -0.170. The van der Waals surface area contributed by atoms with Gasteiger partial charge in [-0.2, -0.15) is 4.39 Å². The normalized spacial score (nSPS) is 41.2. The van der Waals surface area contributed by atoms with Gasteiger partial charge in [-0.1, -0.05) is 6.58 Å². The second-order valence-electron chi connectivity index (χ2n) is 5.68. The van der Waals surface area contributed by atoms with Crippen LogP contribution in [0.1, 0.15) is 32.1 Å². The molecule has 98 valence electrons. The largest absolute Gasteiger partial charge is 0.462 e. The van der Waals surface area contributed by atoms with Crippen LogP contribution in [0.4, 0.5) is 4.39 Å². The Kier molecular flexibility index (Phi) is 2.47. The zero-order valence-electron chi connectivity index (χ0n) is 9.99. The number of carbonyl (C=O) groups excluding carboxylic acids is 2. The van der Waals surface area contributed by atoms with Gasteiger partial charge >= 0.3 is 11.9 Å². The first kappa shape index (κ1) is 11.7. The molecule has 0 N–H and O–H groups in total. The van der Waals surface area contributed by atoms with Gasteiger partial charge in [-0.3, -0.25) is 4.79 Å². The summed E-state index contributed by atoms with van der Waals surface area (Å²) in [5, 5.41) is 0. The lowest BCUT2D eigenvalue weighted by Gasteiger charge is -2.45. The van der Waals surface area contributed by atoms with E-state index in [4.69, 9.17) is 9.47 Å². The number of fused-ring (bicyclic) bond motifs is 1. The van der Waals surface area contributed by atoms with E-state index in [1.54, 1.807) is 0 Å². The van der Waals surface area contributed by atoms with E-state index in [1.807, 2.05) is 0 Å². The van der Waals surface area contributed by atoms with E-state index in [9.17, 15) is 14.0 Å². The van der Waals surface area contributed by atoms with Crippen LogP contribution in [-0.2, 0) is 19.1 Å². The maximum Gasteiger partial charge on any atom is 0.367 e. The van der Waals surface area contributed by atoms with E-state index in [2.05, 4.69) is 6.58 Å². The van der Waals surface area contributed by atoms with Crippen molar-refractivity contribution < 1.29 is 23.5 Å². The highest BCUT2D eigenvalue weighted by Crippen LogP contribution is 2.51. The molecule has 4 rings (SSSR count). The number of carbonyl (C=O) groups is 2. The van der Waals surface area contributed by atoms with Crippen molar-refractivity contribution in [3.05, 3.63) is 12.4 Å². The third-order valence-electron chi connectivity index (χ3n) is 4.24. The Morgan fingerprint density at radius 1 is 1.39 bits per heavy atom. The first-order chi connectivity index (χ1) is 8.47. The molecule has 4 aliphatic rings. The summed E-state index contributed by atoms with van der Waals surface area (Å²) in [6, 6.07) is 0. The molecule has 0 spiro atoms. The minimum absolute atomic E-state index is 0.190. The molecule has 2 heterocycles. The van der Waals surface area contributed by atoms with Crippen molar-refractivity contribution in [2.45, 2.75) is 43.8 Å². The number of halogens is 1. The van der Waals surface area contributed by atoms with Crippen LogP contribution in [0.2, 0.25) is 0 Å². The quantitative estimate of drug-likeness (QED) is 0.557. The zero-order valence-corrected chi connectivity index (χ0v) is 9.99. The maximum atomic E-state index is 12.8. The number of ether oxygens (including phenoxy) is 2. The second kappa shape index (κ2) is 3.80. The van der Waals surface area contributed by atoms with Crippen LogP contribution in [0.15, 0.2) is 12.4 Å². The molecule has 4 unspecified atom stereocenters. The third-order valence-corrected chi connectivity index (χ3v) is 4.24. The molecule has 0 radical (unpaired) electrons. The van der Waals surface area contributed by atoms with Crippen LogP contribution in [-0.4, -0.2) is 23.6 Å². The molecule has 18 heavy (non-hydrogen) atoms. The molecular weight excluding hydrogens is 239 g/mol. The lowest BCUT2D eigenvalue weighted by atomic mass is 9.65. The molecule has 2 aliphatic heterocycles. The van der Waals surface area contributed by atoms with Crippen molar-refractivity contribution in [1.82, 2.24) is 0 Å². The summed E-state index contributed by atoms with van der Waals surface area (Å²) in [7, 11) is 0. The summed E-state index contributed by atoms with van der Waals surface area (Å²) in [5.41, 5.74) is -0.727. The smallest absolute Gasteiger partial charge is 0.367 e. The van der Waals surface area contributed by atoms with Crippen molar-refractivity contribution in [1.29, 1.82) is 0 Å². The van der Waals surface area contributed by atoms with Gasteiger partial charge in [0.1, 0.15) is 11.7 Å². The Morgan fingerprint density at radius 2 is 2.17 bits per heavy atom. The zero-order chi connectivity index (χ0) is 12.9. The summed E-state index contributed by atoms with van der Waals surface area (Å²) in [5.74, 6) is -2.17. The molecule has 0 aromatic heterocycles. The third kappa shape index (κ3) is 1.82. The van der Waals surface area contributed by atoms with Gasteiger partial charge in [-0.25, -0.2) is 4.79 Å². The van der Waals surface area contributed by atoms with Gasteiger partial charge in [-0.05, 0) is 25.2 Å². The number of hydrogen-bond acceptors (Lipinski definition) is 4. The van der Waals surface area contributed by atoms with Gasteiger partial charge in [-0.15, -0.1) is 0 Å². The molecule has 2 saturated carbocycles. The van der Waals surface area contributed by atoms with E-state index in [0.717, 1.165) is 12.8 Å². The van der Waals surface area contributed by atoms with Crippen LogP contribution >= 0.6 is 0 Å². The van der Waals surface area contributed by atoms with Gasteiger partial charge in [0, 0.05) is 12.8 Å². The summed E-state index contributed by atoms with van der Waals surface area (Å²) >= 11 is 0. The lowest BCUT2D eigenvalue weighted by Crippen LogP contribution is -2.48. The molecule has 4 nitrogen and oxygen atoms in total. The van der Waals surface area contributed by atoms with E-state index in [0.29, 0.717) is 25.2 Å². The topological polar surface area (TPSA) is 52.6 Å².